The van der Waals surface area contributed by atoms with E-state index >= 15 is 0 Å². The van der Waals surface area contributed by atoms with Crippen LogP contribution in [0.4, 0.5) is 0 Å². The van der Waals surface area contributed by atoms with Crippen LogP contribution in [-0.4, -0.2) is 0 Å². The van der Waals surface area contributed by atoms with Crippen LogP contribution in [-0.2, 0) is 16.8 Å². The van der Waals surface area contributed by atoms with Gasteiger partial charge < -0.3 is 29.6 Å². The van der Waals surface area contributed by atoms with Gasteiger partial charge >= 0.3 is 0 Å². The van der Waals surface area contributed by atoms with Crippen LogP contribution in [0.5, 0.6) is 0 Å². The number of rotatable bonds is 6. The zero-order chi connectivity index (χ0) is 24.4. The van der Waals surface area contributed by atoms with Crippen LogP contribution in [0.15, 0.2) is 170 Å². The minimum Gasteiger partial charge on any atom is -0.747 e. The Labute approximate surface area is 233 Å². The van der Waals surface area contributed by atoms with E-state index in [1.807, 2.05) is 0 Å². The number of benzene rings is 4. The Morgan fingerprint density at radius 2 is 0.730 bits per heavy atom. The Morgan fingerprint density at radius 1 is 0.405 bits per heavy atom. The van der Waals surface area contributed by atoms with E-state index in [-0.39, 0.29) is 16.8 Å². The summed E-state index contributed by atoms with van der Waals surface area (Å²) in [5, 5.41) is 8.47. The van der Waals surface area contributed by atoms with E-state index in [4.69, 9.17) is 0 Å². The maximum Gasteiger partial charge on any atom is 0 e. The standard InChI is InChI=1S/2C17H14P.Co/c2*1-3-9-15(10-4-1)18(17-13-7-8-14-17)16-11-5-2-6-12-16;/h2*1-14H;/q-5;-1;. The maximum atomic E-state index is 2.23. The molecule has 189 valence electrons. The van der Waals surface area contributed by atoms with E-state index in [1.54, 1.807) is 0 Å². The Balaban J connectivity index is 0.000000168. The van der Waals surface area contributed by atoms with E-state index < -0.39 is 15.8 Å². The molecule has 0 fully saturated rings. The molecule has 0 saturated heterocycles. The quantitative estimate of drug-likeness (QED) is 0.166. The second-order valence-electron chi connectivity index (χ2n) is 8.30. The zero-order valence-corrected chi connectivity index (χ0v) is 23.2. The molecule has 0 aliphatic carbocycles. The summed E-state index contributed by atoms with van der Waals surface area (Å²) in [6, 6.07) is 60.5. The third-order valence-electron chi connectivity index (χ3n) is 5.86. The Morgan fingerprint density at radius 3 is 1.08 bits per heavy atom. The first-order valence-electron chi connectivity index (χ1n) is 12.1. The van der Waals surface area contributed by atoms with Gasteiger partial charge in [-0.15, -0.1) is 5.30 Å². The maximum absolute atomic E-state index is 2.23. The average Bonchev–Trinajstić information content (AvgIpc) is 3.68. The van der Waals surface area contributed by atoms with E-state index in [1.165, 1.54) is 31.8 Å². The Hall–Kier alpha value is -3.05. The van der Waals surface area contributed by atoms with Gasteiger partial charge in [-0.2, -0.15) is 12.1 Å². The summed E-state index contributed by atoms with van der Waals surface area (Å²) in [4.78, 5) is 0. The van der Waals surface area contributed by atoms with Crippen molar-refractivity contribution in [2.45, 2.75) is 0 Å². The van der Waals surface area contributed by atoms with Gasteiger partial charge in [0.05, 0.1) is 0 Å². The van der Waals surface area contributed by atoms with Crippen molar-refractivity contribution in [2.24, 2.45) is 0 Å². The van der Waals surface area contributed by atoms with Crippen molar-refractivity contribution in [3.8, 4) is 0 Å². The second-order valence-corrected chi connectivity index (χ2v) is 12.7. The fourth-order valence-corrected chi connectivity index (χ4v) is 8.84. The summed E-state index contributed by atoms with van der Waals surface area (Å²) >= 11 is 0. The van der Waals surface area contributed by atoms with Crippen molar-refractivity contribution in [1.29, 1.82) is 0 Å². The zero-order valence-electron chi connectivity index (χ0n) is 20.4. The largest absolute Gasteiger partial charge is 0.747 e. The summed E-state index contributed by atoms with van der Waals surface area (Å²) in [7, 11) is -0.818. The molecule has 0 aliphatic rings. The Kier molecular flexibility index (Phi) is 10.2. The smallest absolute Gasteiger partial charge is 0 e. The van der Waals surface area contributed by atoms with Crippen LogP contribution >= 0.6 is 15.8 Å². The molecule has 0 nitrogen and oxygen atoms in total. The first-order valence-corrected chi connectivity index (χ1v) is 14.8. The van der Waals surface area contributed by atoms with Gasteiger partial charge in [0, 0.05) is 16.8 Å². The molecule has 0 amide bonds. The molecule has 6 aromatic rings. The first kappa shape index (κ1) is 27.0. The van der Waals surface area contributed by atoms with Crippen LogP contribution in [0.25, 0.3) is 0 Å². The fraction of sp³-hybridized carbons (Fsp3) is 0. The molecule has 0 aromatic heterocycles. The van der Waals surface area contributed by atoms with E-state index in [0.29, 0.717) is 0 Å². The average molecular weight is 557 g/mol. The van der Waals surface area contributed by atoms with Crippen molar-refractivity contribution in [3.63, 3.8) is 0 Å². The third-order valence-corrected chi connectivity index (χ3v) is 10.8. The number of hydrogen-bond donors (Lipinski definition) is 0. The topological polar surface area (TPSA) is 0 Å². The third kappa shape index (κ3) is 7.04. The predicted molar refractivity (Wildman–Crippen MR) is 161 cm³/mol. The molecule has 0 heterocycles. The first-order chi connectivity index (χ1) is 17.9. The Bertz CT molecular complexity index is 1210. The molecular weight excluding hydrogens is 529 g/mol. The molecule has 0 aliphatic heterocycles. The molecule has 1 radical (unpaired) electrons. The molecular formula is C34H28CoP2-6. The van der Waals surface area contributed by atoms with Gasteiger partial charge in [-0.05, 0) is 10.6 Å². The normalized spacial score (nSPS) is 10.4. The van der Waals surface area contributed by atoms with Crippen molar-refractivity contribution in [3.05, 3.63) is 170 Å². The van der Waals surface area contributed by atoms with Crippen molar-refractivity contribution in [1.82, 2.24) is 0 Å². The van der Waals surface area contributed by atoms with Crippen LogP contribution in [0.3, 0.4) is 0 Å². The minimum absolute atomic E-state index is 0. The fourth-order valence-electron chi connectivity index (χ4n) is 4.23. The van der Waals surface area contributed by atoms with Crippen molar-refractivity contribution >= 4 is 47.7 Å². The van der Waals surface area contributed by atoms with E-state index in [2.05, 4.69) is 170 Å². The molecule has 0 N–H and O–H groups in total. The van der Waals surface area contributed by atoms with Gasteiger partial charge in [0.2, 0.25) is 0 Å². The van der Waals surface area contributed by atoms with Gasteiger partial charge in [0.1, 0.15) is 0 Å². The molecule has 0 saturated carbocycles. The molecule has 0 spiro atoms. The van der Waals surface area contributed by atoms with Gasteiger partial charge in [-0.3, -0.25) is 0 Å². The predicted octanol–water partition coefficient (Wildman–Crippen LogP) is 6.32. The molecule has 0 bridgehead atoms. The van der Waals surface area contributed by atoms with Crippen LogP contribution in [0, 0.1) is 0 Å². The summed E-state index contributed by atoms with van der Waals surface area (Å²) in [5.74, 6) is 0. The summed E-state index contributed by atoms with van der Waals surface area (Å²) in [6.45, 7) is 0. The van der Waals surface area contributed by atoms with Gasteiger partial charge in [-0.1, -0.05) is 140 Å². The number of hydrogen-bond acceptors (Lipinski definition) is 0. The SMILES string of the molecule is [Co].c1ccc(P(c2ccccc2)[c-]2[cH-][cH-][cH-][cH-]2)cc1.c1ccc(P(c2ccccc2)[c-]2cccc2)cc1. The molecule has 3 heteroatoms. The van der Waals surface area contributed by atoms with E-state index in [0.717, 1.165) is 0 Å². The monoisotopic (exact) mass is 557 g/mol. The van der Waals surface area contributed by atoms with Gasteiger partial charge in [-0.25, -0.2) is 20.1 Å². The van der Waals surface area contributed by atoms with Gasteiger partial charge in [0.25, 0.3) is 0 Å². The molecule has 6 rings (SSSR count). The second kappa shape index (κ2) is 14.0. The van der Waals surface area contributed by atoms with E-state index in [9.17, 15) is 0 Å². The molecule has 6 aromatic carbocycles. The van der Waals surface area contributed by atoms with Crippen LogP contribution in [0.2, 0.25) is 0 Å². The summed E-state index contributed by atoms with van der Waals surface area (Å²) in [6.07, 6.45) is 0. The summed E-state index contributed by atoms with van der Waals surface area (Å²) < 4.78 is 0. The molecule has 0 atom stereocenters. The molecule has 0 unspecified atom stereocenters. The summed E-state index contributed by atoms with van der Waals surface area (Å²) in [5.41, 5.74) is 0. The molecule has 37 heavy (non-hydrogen) atoms. The van der Waals surface area contributed by atoms with Crippen LogP contribution in [0.1, 0.15) is 0 Å². The van der Waals surface area contributed by atoms with Crippen molar-refractivity contribution in [2.75, 3.05) is 0 Å². The van der Waals surface area contributed by atoms with Gasteiger partial charge in [0.15, 0.2) is 0 Å². The minimum atomic E-state index is -0.409. The van der Waals surface area contributed by atoms with Crippen LogP contribution < -0.4 is 31.8 Å². The van der Waals surface area contributed by atoms with Crippen molar-refractivity contribution < 1.29 is 16.8 Å².